The number of amides is 1. The standard InChI is InChI=1S/C29H36N2O5S/c1-21-12-15-25(16-13-21)37(33,34)31(24-14-17-26(35-5)27(18-24)36-6)20-28(32)30-22(2)19-29(3,4)23-10-8-7-9-11-23/h7-18,22H,19-20H2,1-6H3,(H,30,32). The van der Waals surface area contributed by atoms with E-state index in [0.717, 1.165) is 9.87 Å². The zero-order chi connectivity index (χ0) is 27.2. The maximum atomic E-state index is 13.7. The van der Waals surface area contributed by atoms with Crippen LogP contribution in [0.5, 0.6) is 11.5 Å². The predicted octanol–water partition coefficient (Wildman–Crippen LogP) is 5.08. The fraction of sp³-hybridized carbons (Fsp3) is 0.345. The third-order valence-corrected chi connectivity index (χ3v) is 8.12. The SMILES string of the molecule is COc1ccc(N(CC(=O)NC(C)CC(C)(C)c2ccccc2)S(=O)(=O)c2ccc(C)cc2)cc1OC. The van der Waals surface area contributed by atoms with Crippen molar-refractivity contribution in [2.45, 2.75) is 50.5 Å². The maximum Gasteiger partial charge on any atom is 0.264 e. The highest BCUT2D eigenvalue weighted by molar-refractivity contribution is 7.92. The normalized spacial score (nSPS) is 12.5. The number of carbonyl (C=O) groups is 1. The molecule has 8 heteroatoms. The van der Waals surface area contributed by atoms with Crippen molar-refractivity contribution in [2.24, 2.45) is 0 Å². The van der Waals surface area contributed by atoms with E-state index < -0.39 is 15.9 Å². The molecule has 0 bridgehead atoms. The van der Waals surface area contributed by atoms with Crippen LogP contribution in [0.3, 0.4) is 0 Å². The minimum absolute atomic E-state index is 0.0962. The smallest absolute Gasteiger partial charge is 0.264 e. The van der Waals surface area contributed by atoms with Crippen molar-refractivity contribution in [3.63, 3.8) is 0 Å². The predicted molar refractivity (Wildman–Crippen MR) is 147 cm³/mol. The van der Waals surface area contributed by atoms with E-state index in [1.54, 1.807) is 42.5 Å². The summed E-state index contributed by atoms with van der Waals surface area (Å²) in [4.78, 5) is 13.3. The van der Waals surface area contributed by atoms with Crippen LogP contribution in [0.15, 0.2) is 77.7 Å². The van der Waals surface area contributed by atoms with E-state index >= 15 is 0 Å². The molecule has 0 saturated carbocycles. The van der Waals surface area contributed by atoms with Crippen molar-refractivity contribution in [1.29, 1.82) is 0 Å². The summed E-state index contributed by atoms with van der Waals surface area (Å²) < 4.78 is 39.2. The van der Waals surface area contributed by atoms with Crippen molar-refractivity contribution in [3.05, 3.63) is 83.9 Å². The highest BCUT2D eigenvalue weighted by Crippen LogP contribution is 2.34. The summed E-state index contributed by atoms with van der Waals surface area (Å²) in [6.45, 7) is 7.68. The number of methoxy groups -OCH3 is 2. The fourth-order valence-electron chi connectivity index (χ4n) is 4.41. The van der Waals surface area contributed by atoms with Gasteiger partial charge in [0.2, 0.25) is 5.91 Å². The van der Waals surface area contributed by atoms with E-state index in [0.29, 0.717) is 23.6 Å². The van der Waals surface area contributed by atoms with Gasteiger partial charge in [0.05, 0.1) is 24.8 Å². The van der Waals surface area contributed by atoms with Gasteiger partial charge >= 0.3 is 0 Å². The number of carbonyl (C=O) groups excluding carboxylic acids is 1. The third-order valence-electron chi connectivity index (χ3n) is 6.33. The van der Waals surface area contributed by atoms with E-state index in [-0.39, 0.29) is 22.9 Å². The average Bonchev–Trinajstić information content (AvgIpc) is 2.87. The molecular weight excluding hydrogens is 488 g/mol. The Morgan fingerprint density at radius 1 is 0.946 bits per heavy atom. The summed E-state index contributed by atoms with van der Waals surface area (Å²) in [5.41, 5.74) is 2.23. The first-order valence-corrected chi connectivity index (χ1v) is 13.6. The molecule has 1 amide bonds. The Morgan fingerprint density at radius 3 is 2.16 bits per heavy atom. The number of aryl methyl sites for hydroxylation is 1. The molecule has 0 aromatic heterocycles. The zero-order valence-electron chi connectivity index (χ0n) is 22.3. The molecule has 7 nitrogen and oxygen atoms in total. The van der Waals surface area contributed by atoms with Crippen LogP contribution >= 0.6 is 0 Å². The summed E-state index contributed by atoms with van der Waals surface area (Å²) in [7, 11) is -1.07. The van der Waals surface area contributed by atoms with Gasteiger partial charge < -0.3 is 14.8 Å². The molecule has 0 heterocycles. The number of nitrogens with one attached hydrogen (secondary N) is 1. The van der Waals surface area contributed by atoms with Gasteiger partial charge in [-0.25, -0.2) is 8.42 Å². The van der Waals surface area contributed by atoms with E-state index in [2.05, 4.69) is 31.3 Å². The van der Waals surface area contributed by atoms with Gasteiger partial charge in [-0.1, -0.05) is 61.9 Å². The summed E-state index contributed by atoms with van der Waals surface area (Å²) in [5.74, 6) is 0.421. The lowest BCUT2D eigenvalue weighted by Gasteiger charge is -2.30. The summed E-state index contributed by atoms with van der Waals surface area (Å²) in [6.07, 6.45) is 0.684. The van der Waals surface area contributed by atoms with Gasteiger partial charge in [-0.15, -0.1) is 0 Å². The molecule has 3 aromatic rings. The lowest BCUT2D eigenvalue weighted by atomic mass is 9.79. The van der Waals surface area contributed by atoms with Gasteiger partial charge in [-0.3, -0.25) is 9.10 Å². The van der Waals surface area contributed by atoms with Crippen LogP contribution < -0.4 is 19.1 Å². The molecule has 37 heavy (non-hydrogen) atoms. The van der Waals surface area contributed by atoms with Gasteiger partial charge in [0.1, 0.15) is 6.54 Å². The lowest BCUT2D eigenvalue weighted by molar-refractivity contribution is -0.120. The quantitative estimate of drug-likeness (QED) is 0.378. The second-order valence-electron chi connectivity index (χ2n) is 9.79. The van der Waals surface area contributed by atoms with Gasteiger partial charge in [0, 0.05) is 12.1 Å². The van der Waals surface area contributed by atoms with Crippen molar-refractivity contribution in [1.82, 2.24) is 5.32 Å². The molecule has 1 atom stereocenters. The number of benzene rings is 3. The summed E-state index contributed by atoms with van der Waals surface area (Å²) in [5, 5.41) is 2.99. The topological polar surface area (TPSA) is 84.9 Å². The first kappa shape index (κ1) is 28.1. The molecular formula is C29H36N2O5S. The zero-order valence-corrected chi connectivity index (χ0v) is 23.1. The number of ether oxygens (including phenoxy) is 2. The Kier molecular flexibility index (Phi) is 8.86. The molecule has 0 aliphatic rings. The largest absolute Gasteiger partial charge is 0.493 e. The van der Waals surface area contributed by atoms with E-state index in [1.165, 1.54) is 19.8 Å². The monoisotopic (exact) mass is 524 g/mol. The number of hydrogen-bond donors (Lipinski definition) is 1. The Morgan fingerprint density at radius 2 is 1.57 bits per heavy atom. The number of hydrogen-bond acceptors (Lipinski definition) is 5. The summed E-state index contributed by atoms with van der Waals surface area (Å²) >= 11 is 0. The van der Waals surface area contributed by atoms with Crippen LogP contribution in [0.1, 0.15) is 38.3 Å². The number of anilines is 1. The Hall–Kier alpha value is -3.52. The molecule has 198 valence electrons. The van der Waals surface area contributed by atoms with Crippen LogP contribution in [0.2, 0.25) is 0 Å². The average molecular weight is 525 g/mol. The van der Waals surface area contributed by atoms with Gasteiger partial charge in [-0.2, -0.15) is 0 Å². The van der Waals surface area contributed by atoms with E-state index in [4.69, 9.17) is 9.47 Å². The third kappa shape index (κ3) is 6.83. The van der Waals surface area contributed by atoms with E-state index in [1.807, 2.05) is 32.0 Å². The molecule has 0 aliphatic carbocycles. The molecule has 1 N–H and O–H groups in total. The molecule has 0 spiro atoms. The molecule has 3 aromatic carbocycles. The highest BCUT2D eigenvalue weighted by Gasteiger charge is 2.29. The van der Waals surface area contributed by atoms with Gasteiger partial charge in [0.15, 0.2) is 11.5 Å². The molecule has 0 aliphatic heterocycles. The summed E-state index contributed by atoms with van der Waals surface area (Å²) in [6, 6.07) is 21.2. The molecule has 0 saturated heterocycles. The minimum Gasteiger partial charge on any atom is -0.493 e. The highest BCUT2D eigenvalue weighted by atomic mass is 32.2. The van der Waals surface area contributed by atoms with Crippen LogP contribution in [0.25, 0.3) is 0 Å². The van der Waals surface area contributed by atoms with E-state index in [9.17, 15) is 13.2 Å². The van der Waals surface area contributed by atoms with Crippen LogP contribution in [-0.4, -0.2) is 41.1 Å². The van der Waals surface area contributed by atoms with Gasteiger partial charge in [-0.05, 0) is 55.5 Å². The number of sulfonamides is 1. The second kappa shape index (κ2) is 11.7. The minimum atomic E-state index is -4.05. The van der Waals surface area contributed by atoms with Crippen LogP contribution in [0, 0.1) is 6.92 Å². The van der Waals surface area contributed by atoms with Crippen LogP contribution in [-0.2, 0) is 20.2 Å². The van der Waals surface area contributed by atoms with Crippen molar-refractivity contribution < 1.29 is 22.7 Å². The molecule has 1 unspecified atom stereocenters. The second-order valence-corrected chi connectivity index (χ2v) is 11.6. The lowest BCUT2D eigenvalue weighted by Crippen LogP contribution is -2.45. The van der Waals surface area contributed by atoms with Crippen molar-refractivity contribution in [3.8, 4) is 11.5 Å². The Bertz CT molecular complexity index is 1310. The fourth-order valence-corrected chi connectivity index (χ4v) is 5.82. The molecule has 0 radical (unpaired) electrons. The first-order chi connectivity index (χ1) is 17.5. The first-order valence-electron chi connectivity index (χ1n) is 12.1. The number of rotatable bonds is 11. The Balaban J connectivity index is 1.88. The maximum absolute atomic E-state index is 13.7. The molecule has 3 rings (SSSR count). The number of nitrogens with zero attached hydrogens (tertiary/aromatic N) is 1. The molecule has 0 fully saturated rings. The van der Waals surface area contributed by atoms with Crippen molar-refractivity contribution >= 4 is 21.6 Å². The van der Waals surface area contributed by atoms with Crippen LogP contribution in [0.4, 0.5) is 5.69 Å². The Labute approximate surface area is 220 Å². The van der Waals surface area contributed by atoms with Gasteiger partial charge in [0.25, 0.3) is 10.0 Å². The van der Waals surface area contributed by atoms with Crippen molar-refractivity contribution in [2.75, 3.05) is 25.1 Å².